The Hall–Kier alpha value is -1.58. The standard InChI is InChI=1S/C15H21FN2O/c1-2-17-15(19)18(13-8-4-5-9-13)11-12-7-3-6-10-14(12)16/h3,6-7,10,13H,2,4-5,8-9,11H2,1H3,(H,17,19). The van der Waals surface area contributed by atoms with Crippen molar-refractivity contribution < 1.29 is 9.18 Å². The second kappa shape index (κ2) is 6.55. The topological polar surface area (TPSA) is 32.3 Å². The molecule has 0 bridgehead atoms. The Bertz CT molecular complexity index is 430. The van der Waals surface area contributed by atoms with Crippen molar-refractivity contribution in [2.24, 2.45) is 0 Å². The summed E-state index contributed by atoms with van der Waals surface area (Å²) in [5.41, 5.74) is 0.584. The van der Waals surface area contributed by atoms with Gasteiger partial charge in [0.25, 0.3) is 0 Å². The fourth-order valence-electron chi connectivity index (χ4n) is 2.65. The molecule has 1 aliphatic carbocycles. The molecular weight excluding hydrogens is 243 g/mol. The Morgan fingerprint density at radius 1 is 1.37 bits per heavy atom. The lowest BCUT2D eigenvalue weighted by Crippen LogP contribution is -2.44. The third-order valence-electron chi connectivity index (χ3n) is 3.65. The van der Waals surface area contributed by atoms with Gasteiger partial charge < -0.3 is 10.2 Å². The monoisotopic (exact) mass is 264 g/mol. The molecule has 0 aromatic heterocycles. The van der Waals surface area contributed by atoms with E-state index >= 15 is 0 Å². The van der Waals surface area contributed by atoms with Crippen molar-refractivity contribution in [1.29, 1.82) is 0 Å². The van der Waals surface area contributed by atoms with Crippen molar-refractivity contribution in [3.05, 3.63) is 35.6 Å². The van der Waals surface area contributed by atoms with E-state index < -0.39 is 0 Å². The van der Waals surface area contributed by atoms with Gasteiger partial charge in [0.2, 0.25) is 0 Å². The maximum atomic E-state index is 13.7. The molecule has 0 unspecified atom stereocenters. The van der Waals surface area contributed by atoms with Crippen molar-refractivity contribution in [2.45, 2.75) is 45.2 Å². The molecule has 1 saturated carbocycles. The summed E-state index contributed by atoms with van der Waals surface area (Å²) in [5.74, 6) is -0.241. The highest BCUT2D eigenvalue weighted by Gasteiger charge is 2.26. The third kappa shape index (κ3) is 3.46. The number of hydrogen-bond acceptors (Lipinski definition) is 1. The number of amides is 2. The van der Waals surface area contributed by atoms with E-state index in [0.29, 0.717) is 18.7 Å². The number of carbonyl (C=O) groups excluding carboxylic acids is 1. The van der Waals surface area contributed by atoms with Crippen molar-refractivity contribution in [3.63, 3.8) is 0 Å². The zero-order valence-corrected chi connectivity index (χ0v) is 11.4. The molecule has 0 aliphatic heterocycles. The minimum absolute atomic E-state index is 0.0855. The van der Waals surface area contributed by atoms with E-state index in [1.54, 1.807) is 17.0 Å². The fourth-order valence-corrected chi connectivity index (χ4v) is 2.65. The summed E-state index contributed by atoms with van der Waals surface area (Å²) in [6.07, 6.45) is 4.34. The van der Waals surface area contributed by atoms with Crippen molar-refractivity contribution in [2.75, 3.05) is 6.54 Å². The Balaban J connectivity index is 2.13. The third-order valence-corrected chi connectivity index (χ3v) is 3.65. The molecule has 19 heavy (non-hydrogen) atoms. The first-order valence-corrected chi connectivity index (χ1v) is 7.00. The largest absolute Gasteiger partial charge is 0.338 e. The van der Waals surface area contributed by atoms with Crippen LogP contribution in [-0.2, 0) is 6.54 Å². The molecule has 104 valence electrons. The molecular formula is C15H21FN2O. The summed E-state index contributed by atoms with van der Waals surface area (Å²) in [6, 6.07) is 6.83. The van der Waals surface area contributed by atoms with Gasteiger partial charge in [0, 0.05) is 18.2 Å². The number of nitrogens with one attached hydrogen (secondary N) is 1. The van der Waals surface area contributed by atoms with E-state index in [1.807, 2.05) is 13.0 Å². The Kier molecular flexibility index (Phi) is 4.77. The molecule has 1 aromatic rings. The molecule has 2 rings (SSSR count). The highest BCUT2D eigenvalue weighted by atomic mass is 19.1. The van der Waals surface area contributed by atoms with Crippen LogP contribution in [0.5, 0.6) is 0 Å². The maximum absolute atomic E-state index is 13.7. The lowest BCUT2D eigenvalue weighted by molar-refractivity contribution is 0.171. The first kappa shape index (κ1) is 13.8. The predicted molar refractivity (Wildman–Crippen MR) is 73.3 cm³/mol. The van der Waals surface area contributed by atoms with Gasteiger partial charge in [-0.3, -0.25) is 0 Å². The van der Waals surface area contributed by atoms with Crippen LogP contribution in [0.4, 0.5) is 9.18 Å². The number of hydrogen-bond donors (Lipinski definition) is 1. The number of halogens is 1. The molecule has 0 saturated heterocycles. The summed E-state index contributed by atoms with van der Waals surface area (Å²) in [5, 5.41) is 2.83. The van der Waals surface area contributed by atoms with E-state index in [0.717, 1.165) is 25.7 Å². The number of rotatable bonds is 4. The fraction of sp³-hybridized carbons (Fsp3) is 0.533. The van der Waals surface area contributed by atoms with E-state index in [2.05, 4.69) is 5.32 Å². The minimum atomic E-state index is -0.241. The second-order valence-corrected chi connectivity index (χ2v) is 4.99. The smallest absolute Gasteiger partial charge is 0.317 e. The Morgan fingerprint density at radius 3 is 2.68 bits per heavy atom. The molecule has 0 spiro atoms. The molecule has 0 heterocycles. The highest BCUT2D eigenvalue weighted by Crippen LogP contribution is 2.25. The van der Waals surface area contributed by atoms with Gasteiger partial charge in [-0.1, -0.05) is 31.0 Å². The van der Waals surface area contributed by atoms with Crippen LogP contribution in [0.3, 0.4) is 0 Å². The maximum Gasteiger partial charge on any atom is 0.317 e. The molecule has 1 N–H and O–H groups in total. The van der Waals surface area contributed by atoms with E-state index in [9.17, 15) is 9.18 Å². The molecule has 0 atom stereocenters. The van der Waals surface area contributed by atoms with E-state index in [4.69, 9.17) is 0 Å². The first-order chi connectivity index (χ1) is 9.22. The van der Waals surface area contributed by atoms with Gasteiger partial charge in [0.05, 0.1) is 6.54 Å². The lowest BCUT2D eigenvalue weighted by Gasteiger charge is -2.29. The van der Waals surface area contributed by atoms with Crippen LogP contribution in [-0.4, -0.2) is 23.5 Å². The van der Waals surface area contributed by atoms with Crippen molar-refractivity contribution in [3.8, 4) is 0 Å². The molecule has 4 heteroatoms. The number of carbonyl (C=O) groups is 1. The van der Waals surface area contributed by atoms with Crippen LogP contribution in [0, 0.1) is 5.82 Å². The normalized spacial score (nSPS) is 15.5. The van der Waals surface area contributed by atoms with Gasteiger partial charge in [-0.2, -0.15) is 0 Å². The average Bonchev–Trinajstić information content (AvgIpc) is 2.91. The Labute approximate surface area is 113 Å². The van der Waals surface area contributed by atoms with Crippen LogP contribution in [0.2, 0.25) is 0 Å². The summed E-state index contributed by atoms with van der Waals surface area (Å²) in [6.45, 7) is 2.84. The van der Waals surface area contributed by atoms with Crippen molar-refractivity contribution >= 4 is 6.03 Å². The summed E-state index contributed by atoms with van der Waals surface area (Å²) >= 11 is 0. The number of benzene rings is 1. The Morgan fingerprint density at radius 2 is 2.05 bits per heavy atom. The van der Waals surface area contributed by atoms with Gasteiger partial charge in [0.15, 0.2) is 0 Å². The van der Waals surface area contributed by atoms with E-state index in [-0.39, 0.29) is 17.9 Å². The highest BCUT2D eigenvalue weighted by molar-refractivity contribution is 5.74. The average molecular weight is 264 g/mol. The molecule has 3 nitrogen and oxygen atoms in total. The zero-order chi connectivity index (χ0) is 13.7. The molecule has 1 aliphatic rings. The summed E-state index contributed by atoms with van der Waals surface area (Å²) in [4.78, 5) is 13.9. The SMILES string of the molecule is CCNC(=O)N(Cc1ccccc1F)C1CCCC1. The predicted octanol–water partition coefficient (Wildman–Crippen LogP) is 3.30. The molecule has 0 radical (unpaired) electrons. The van der Waals surface area contributed by atoms with Crippen molar-refractivity contribution in [1.82, 2.24) is 10.2 Å². The summed E-state index contributed by atoms with van der Waals surface area (Å²) < 4.78 is 13.7. The number of urea groups is 1. The molecule has 1 fully saturated rings. The quantitative estimate of drug-likeness (QED) is 0.889. The van der Waals surface area contributed by atoms with E-state index in [1.165, 1.54) is 6.07 Å². The molecule has 1 aromatic carbocycles. The minimum Gasteiger partial charge on any atom is -0.338 e. The first-order valence-electron chi connectivity index (χ1n) is 7.00. The van der Waals surface area contributed by atoms with Gasteiger partial charge in [-0.05, 0) is 25.8 Å². The van der Waals surface area contributed by atoms with Crippen LogP contribution < -0.4 is 5.32 Å². The van der Waals surface area contributed by atoms with Crippen LogP contribution in [0.1, 0.15) is 38.2 Å². The van der Waals surface area contributed by atoms with Gasteiger partial charge in [0.1, 0.15) is 5.82 Å². The van der Waals surface area contributed by atoms with Gasteiger partial charge in [-0.25, -0.2) is 9.18 Å². The lowest BCUT2D eigenvalue weighted by atomic mass is 10.1. The zero-order valence-electron chi connectivity index (χ0n) is 11.4. The van der Waals surface area contributed by atoms with Gasteiger partial charge in [-0.15, -0.1) is 0 Å². The summed E-state index contributed by atoms with van der Waals surface area (Å²) in [7, 11) is 0. The number of nitrogens with zero attached hydrogens (tertiary/aromatic N) is 1. The second-order valence-electron chi connectivity index (χ2n) is 4.99. The van der Waals surface area contributed by atoms with Gasteiger partial charge >= 0.3 is 6.03 Å². The van der Waals surface area contributed by atoms with Crippen LogP contribution in [0.25, 0.3) is 0 Å². The van der Waals surface area contributed by atoms with Crippen LogP contribution >= 0.6 is 0 Å². The van der Waals surface area contributed by atoms with Crippen LogP contribution in [0.15, 0.2) is 24.3 Å². The molecule has 2 amide bonds.